The van der Waals surface area contributed by atoms with Gasteiger partial charge in [-0.15, -0.1) is 0 Å². The van der Waals surface area contributed by atoms with Crippen molar-refractivity contribution in [3.63, 3.8) is 0 Å². The maximum Gasteiger partial charge on any atom is 0.271 e. The normalized spacial score (nSPS) is 23.2. The number of aryl methyl sites for hydroxylation is 1. The van der Waals surface area contributed by atoms with Crippen LogP contribution in [0.1, 0.15) is 36.2 Å². The van der Waals surface area contributed by atoms with E-state index < -0.39 is 5.92 Å². The van der Waals surface area contributed by atoms with Crippen molar-refractivity contribution in [2.24, 2.45) is 13.0 Å². The van der Waals surface area contributed by atoms with Crippen molar-refractivity contribution in [2.75, 3.05) is 19.6 Å². The first kappa shape index (κ1) is 15.4. The molecule has 2 fully saturated rings. The minimum atomic E-state index is -2.43. The molecule has 2 heterocycles. The topological polar surface area (TPSA) is 50.2 Å². The van der Waals surface area contributed by atoms with Crippen LogP contribution in [0.25, 0.3) is 0 Å². The third-order valence-corrected chi connectivity index (χ3v) is 4.56. The molecule has 1 N–H and O–H groups in total. The molecule has 0 unspecified atom stereocenters. The van der Waals surface area contributed by atoms with Gasteiger partial charge in [0.25, 0.3) is 5.91 Å². The second kappa shape index (κ2) is 5.95. The number of rotatable bonds is 4. The molecule has 0 aromatic carbocycles. The summed E-state index contributed by atoms with van der Waals surface area (Å²) >= 11 is 0. The highest BCUT2D eigenvalue weighted by Gasteiger charge is 2.45. The number of hydrogen-bond acceptors (Lipinski definition) is 3. The molecule has 1 saturated carbocycles. The summed E-state index contributed by atoms with van der Waals surface area (Å²) < 4.78 is 27.3. The van der Waals surface area contributed by atoms with E-state index in [1.807, 2.05) is 0 Å². The Labute approximate surface area is 128 Å². The highest BCUT2D eigenvalue weighted by molar-refractivity contribution is 5.92. The highest BCUT2D eigenvalue weighted by Crippen LogP contribution is 2.42. The summed E-state index contributed by atoms with van der Waals surface area (Å²) in [6, 6.07) is 1.84. The number of likely N-dealkylation sites (tertiary alicyclic amines) is 1. The van der Waals surface area contributed by atoms with Gasteiger partial charge in [0.2, 0.25) is 5.92 Å². The van der Waals surface area contributed by atoms with Crippen LogP contribution in [0.5, 0.6) is 0 Å². The Balaban J connectivity index is 1.39. The van der Waals surface area contributed by atoms with Gasteiger partial charge in [-0.05, 0) is 24.8 Å². The largest absolute Gasteiger partial charge is 0.348 e. The Bertz CT molecular complexity index is 529. The summed E-state index contributed by atoms with van der Waals surface area (Å²) in [6.07, 6.45) is 3.53. The van der Waals surface area contributed by atoms with Gasteiger partial charge in [0.05, 0.1) is 0 Å². The van der Waals surface area contributed by atoms with Crippen LogP contribution in [0.4, 0.5) is 8.78 Å². The Hall–Kier alpha value is -1.50. The minimum absolute atomic E-state index is 0.0311. The summed E-state index contributed by atoms with van der Waals surface area (Å²) in [4.78, 5) is 14.3. The number of hydrogen-bond donors (Lipinski definition) is 1. The molecule has 1 aromatic heterocycles. The zero-order chi connectivity index (χ0) is 15.7. The van der Waals surface area contributed by atoms with Crippen molar-refractivity contribution in [1.29, 1.82) is 0 Å². The minimum Gasteiger partial charge on any atom is -0.348 e. The third kappa shape index (κ3) is 3.63. The van der Waals surface area contributed by atoms with Gasteiger partial charge in [0, 0.05) is 51.8 Å². The van der Waals surface area contributed by atoms with E-state index in [4.69, 9.17) is 0 Å². The molecule has 3 rings (SSSR count). The van der Waals surface area contributed by atoms with E-state index in [0.29, 0.717) is 5.69 Å². The number of aromatic nitrogens is 2. The first-order valence-electron chi connectivity index (χ1n) is 7.82. The lowest BCUT2D eigenvalue weighted by Gasteiger charge is -2.40. The Morgan fingerprint density at radius 2 is 2.09 bits per heavy atom. The smallest absolute Gasteiger partial charge is 0.271 e. The molecule has 5 nitrogen and oxygen atoms in total. The van der Waals surface area contributed by atoms with Gasteiger partial charge in [-0.2, -0.15) is 5.10 Å². The average Bonchev–Trinajstić information content (AvgIpc) is 2.86. The zero-order valence-corrected chi connectivity index (χ0v) is 12.8. The van der Waals surface area contributed by atoms with Gasteiger partial charge >= 0.3 is 0 Å². The lowest BCUT2D eigenvalue weighted by atomic mass is 9.81. The number of alkyl halides is 2. The number of halogens is 2. The van der Waals surface area contributed by atoms with Crippen LogP contribution in [-0.4, -0.2) is 52.2 Å². The summed E-state index contributed by atoms with van der Waals surface area (Å²) in [5, 5.41) is 7.09. The summed E-state index contributed by atoms with van der Waals surface area (Å²) in [5.74, 6) is -2.44. The second-order valence-electron chi connectivity index (χ2n) is 6.55. The average molecular weight is 312 g/mol. The van der Waals surface area contributed by atoms with E-state index >= 15 is 0 Å². The molecule has 7 heteroatoms. The van der Waals surface area contributed by atoms with Crippen LogP contribution in [0.15, 0.2) is 12.3 Å². The number of nitrogens with zero attached hydrogens (tertiary/aromatic N) is 3. The van der Waals surface area contributed by atoms with Gasteiger partial charge < -0.3 is 10.2 Å². The molecule has 1 aliphatic carbocycles. The molecule has 1 aromatic rings. The monoisotopic (exact) mass is 312 g/mol. The fourth-order valence-corrected chi connectivity index (χ4v) is 3.33. The van der Waals surface area contributed by atoms with E-state index in [1.165, 1.54) is 0 Å². The Kier molecular flexibility index (Phi) is 4.16. The fourth-order valence-electron chi connectivity index (χ4n) is 3.33. The molecular weight excluding hydrogens is 290 g/mol. The van der Waals surface area contributed by atoms with E-state index in [1.54, 1.807) is 24.0 Å². The number of carbonyl (C=O) groups is 1. The zero-order valence-electron chi connectivity index (χ0n) is 12.8. The number of amides is 1. The van der Waals surface area contributed by atoms with Crippen LogP contribution in [0.2, 0.25) is 0 Å². The Morgan fingerprint density at radius 3 is 2.64 bits per heavy atom. The van der Waals surface area contributed by atoms with Crippen LogP contribution < -0.4 is 5.32 Å². The van der Waals surface area contributed by atoms with Gasteiger partial charge in [-0.25, -0.2) is 8.78 Å². The van der Waals surface area contributed by atoms with Gasteiger partial charge in [0.1, 0.15) is 5.69 Å². The van der Waals surface area contributed by atoms with E-state index in [9.17, 15) is 13.6 Å². The molecule has 22 heavy (non-hydrogen) atoms. The fraction of sp³-hybridized carbons (Fsp3) is 0.733. The van der Waals surface area contributed by atoms with E-state index in [0.717, 1.165) is 32.5 Å². The molecule has 0 bridgehead atoms. The molecule has 2 aliphatic rings. The molecule has 0 radical (unpaired) electrons. The lowest BCUT2D eigenvalue weighted by Crippen LogP contribution is -2.48. The molecule has 1 amide bonds. The van der Waals surface area contributed by atoms with Crippen LogP contribution in [-0.2, 0) is 7.05 Å². The van der Waals surface area contributed by atoms with E-state index in [-0.39, 0.29) is 30.7 Å². The molecule has 0 spiro atoms. The van der Waals surface area contributed by atoms with Gasteiger partial charge in [-0.1, -0.05) is 0 Å². The van der Waals surface area contributed by atoms with Crippen LogP contribution in [0.3, 0.4) is 0 Å². The SMILES string of the molecule is Cn1ccc(C(=O)NC2CCN(CC3CC(F)(F)C3)CC2)n1. The summed E-state index contributed by atoms with van der Waals surface area (Å²) in [7, 11) is 1.78. The molecule has 1 saturated heterocycles. The first-order valence-corrected chi connectivity index (χ1v) is 7.82. The number of carbonyl (C=O) groups excluding carboxylic acids is 1. The van der Waals surface area contributed by atoms with Crippen molar-refractivity contribution in [1.82, 2.24) is 20.0 Å². The lowest BCUT2D eigenvalue weighted by molar-refractivity contribution is -0.117. The Morgan fingerprint density at radius 1 is 1.41 bits per heavy atom. The predicted molar refractivity (Wildman–Crippen MR) is 77.8 cm³/mol. The van der Waals surface area contributed by atoms with Crippen molar-refractivity contribution in [3.8, 4) is 0 Å². The molecule has 1 aliphatic heterocycles. The second-order valence-corrected chi connectivity index (χ2v) is 6.55. The van der Waals surface area contributed by atoms with Gasteiger partial charge in [-0.3, -0.25) is 9.48 Å². The maximum atomic E-state index is 12.8. The highest BCUT2D eigenvalue weighted by atomic mass is 19.3. The summed E-state index contributed by atoms with van der Waals surface area (Å²) in [5.41, 5.74) is 0.432. The standard InChI is InChI=1S/C15H22F2N4O/c1-20-5-4-13(19-20)14(22)18-12-2-6-21(7-3-12)10-11-8-15(16,17)9-11/h4-5,11-12H,2-3,6-10H2,1H3,(H,18,22). The van der Waals surface area contributed by atoms with Crippen molar-refractivity contribution in [2.45, 2.75) is 37.6 Å². The first-order chi connectivity index (χ1) is 10.4. The number of nitrogens with one attached hydrogen (secondary N) is 1. The summed E-state index contributed by atoms with van der Waals surface area (Å²) in [6.45, 7) is 2.47. The van der Waals surface area contributed by atoms with Crippen LogP contribution in [0, 0.1) is 5.92 Å². The maximum absolute atomic E-state index is 12.8. The van der Waals surface area contributed by atoms with Crippen molar-refractivity contribution in [3.05, 3.63) is 18.0 Å². The van der Waals surface area contributed by atoms with E-state index in [2.05, 4.69) is 15.3 Å². The predicted octanol–water partition coefficient (Wildman–Crippen LogP) is 1.66. The quantitative estimate of drug-likeness (QED) is 0.920. The van der Waals surface area contributed by atoms with Crippen LogP contribution >= 0.6 is 0 Å². The number of piperidine rings is 1. The third-order valence-electron chi connectivity index (χ3n) is 4.56. The van der Waals surface area contributed by atoms with Crippen molar-refractivity contribution >= 4 is 5.91 Å². The van der Waals surface area contributed by atoms with Crippen molar-refractivity contribution < 1.29 is 13.6 Å². The molecular formula is C15H22F2N4O. The molecule has 0 atom stereocenters. The molecule has 122 valence electrons. The van der Waals surface area contributed by atoms with Gasteiger partial charge in [0.15, 0.2) is 0 Å².